The van der Waals surface area contributed by atoms with Crippen LogP contribution in [-0.2, 0) is 5.88 Å². The molecule has 0 unspecified atom stereocenters. The average Bonchev–Trinajstić information content (AvgIpc) is 2.26. The smallest absolute Gasteiger partial charge is 0.403 e. The first-order chi connectivity index (χ1) is 8.28. The fourth-order valence-electron chi connectivity index (χ4n) is 1.15. The molecule has 1 heterocycles. The van der Waals surface area contributed by atoms with Crippen molar-refractivity contribution < 1.29 is 31.5 Å². The molecule has 3 nitrogen and oxygen atoms in total. The van der Waals surface area contributed by atoms with Crippen molar-refractivity contribution in [1.82, 2.24) is 4.98 Å². The van der Waals surface area contributed by atoms with Crippen LogP contribution in [0.15, 0.2) is 6.07 Å². The molecule has 0 N–H and O–H groups in total. The normalized spacial score (nSPS) is 11.7. The second-order valence-corrected chi connectivity index (χ2v) is 3.28. The Morgan fingerprint density at radius 1 is 1.44 bits per heavy atom. The lowest BCUT2D eigenvalue weighted by Crippen LogP contribution is -2.20. The Labute approximate surface area is 103 Å². The van der Waals surface area contributed by atoms with Crippen molar-refractivity contribution in [2.75, 3.05) is 0 Å². The molecule has 0 radical (unpaired) electrons. The molecule has 0 aliphatic heterocycles. The molecule has 9 heteroatoms. The Kier molecular flexibility index (Phi) is 4.44. The van der Waals surface area contributed by atoms with Crippen molar-refractivity contribution in [3.63, 3.8) is 0 Å². The third kappa shape index (κ3) is 3.52. The summed E-state index contributed by atoms with van der Waals surface area (Å²) in [4.78, 5) is 13.8. The first-order valence-corrected chi connectivity index (χ1v) is 4.90. The zero-order valence-electron chi connectivity index (χ0n) is 8.47. The second kappa shape index (κ2) is 5.47. The van der Waals surface area contributed by atoms with E-state index in [4.69, 9.17) is 11.6 Å². The predicted octanol–water partition coefficient (Wildman–Crippen LogP) is 3.47. The maximum atomic E-state index is 12.4. The largest absolute Gasteiger partial charge is 0.573 e. The Balaban J connectivity index is 3.35. The lowest BCUT2D eigenvalue weighted by Gasteiger charge is -2.14. The van der Waals surface area contributed by atoms with E-state index in [-0.39, 0.29) is 6.29 Å². The number of halogens is 6. The molecule has 0 aliphatic carbocycles. The SMILES string of the molecule is O=Cc1cc(C(F)F)nc(CCl)c1OC(F)(F)F. The zero-order chi connectivity index (χ0) is 13.9. The number of hydrogen-bond donors (Lipinski definition) is 0. The summed E-state index contributed by atoms with van der Waals surface area (Å²) in [6.07, 6.45) is -8.15. The van der Waals surface area contributed by atoms with Crippen LogP contribution < -0.4 is 4.74 Å². The minimum Gasteiger partial charge on any atom is -0.403 e. The number of aldehydes is 1. The van der Waals surface area contributed by atoms with Crippen molar-refractivity contribution in [2.24, 2.45) is 0 Å². The summed E-state index contributed by atoms with van der Waals surface area (Å²) in [5.74, 6) is -1.57. The molecule has 0 atom stereocenters. The van der Waals surface area contributed by atoms with Crippen molar-refractivity contribution in [3.8, 4) is 5.75 Å². The zero-order valence-corrected chi connectivity index (χ0v) is 9.23. The molecule has 0 fully saturated rings. The molecule has 0 aliphatic rings. The highest BCUT2D eigenvalue weighted by Gasteiger charge is 2.34. The number of carbonyl (C=O) groups excluding carboxylic acids is 1. The Bertz CT molecular complexity index is 449. The van der Waals surface area contributed by atoms with Gasteiger partial charge in [0.2, 0.25) is 0 Å². The van der Waals surface area contributed by atoms with Gasteiger partial charge in [0.1, 0.15) is 5.69 Å². The van der Waals surface area contributed by atoms with Crippen LogP contribution in [0, 0.1) is 0 Å². The van der Waals surface area contributed by atoms with E-state index in [1.54, 1.807) is 0 Å². The van der Waals surface area contributed by atoms with Crippen LogP contribution in [0.1, 0.15) is 28.2 Å². The topological polar surface area (TPSA) is 39.2 Å². The van der Waals surface area contributed by atoms with E-state index in [2.05, 4.69) is 9.72 Å². The molecular weight excluding hydrogens is 285 g/mol. The highest BCUT2D eigenvalue weighted by Crippen LogP contribution is 2.32. The summed E-state index contributed by atoms with van der Waals surface area (Å²) < 4.78 is 64.6. The number of pyridine rings is 1. The van der Waals surface area contributed by atoms with Gasteiger partial charge in [-0.2, -0.15) is 0 Å². The van der Waals surface area contributed by atoms with Gasteiger partial charge in [-0.1, -0.05) is 0 Å². The first kappa shape index (κ1) is 14.6. The number of rotatable bonds is 4. The van der Waals surface area contributed by atoms with Gasteiger partial charge in [0.05, 0.1) is 17.1 Å². The van der Waals surface area contributed by atoms with Crippen LogP contribution in [-0.4, -0.2) is 17.6 Å². The number of aromatic nitrogens is 1. The molecule has 1 aromatic rings. The monoisotopic (exact) mass is 289 g/mol. The molecular formula is C9H5ClF5NO2. The molecule has 0 saturated heterocycles. The summed E-state index contributed by atoms with van der Waals surface area (Å²) in [7, 11) is 0. The van der Waals surface area contributed by atoms with Gasteiger partial charge in [-0.05, 0) is 6.07 Å². The van der Waals surface area contributed by atoms with Gasteiger partial charge < -0.3 is 4.74 Å². The van der Waals surface area contributed by atoms with E-state index in [1.807, 2.05) is 0 Å². The van der Waals surface area contributed by atoms with Crippen LogP contribution in [0.3, 0.4) is 0 Å². The molecule has 1 aromatic heterocycles. The maximum absolute atomic E-state index is 12.4. The van der Waals surface area contributed by atoms with E-state index >= 15 is 0 Å². The molecule has 0 spiro atoms. The van der Waals surface area contributed by atoms with E-state index in [1.165, 1.54) is 0 Å². The number of hydrogen-bond acceptors (Lipinski definition) is 3. The van der Waals surface area contributed by atoms with Crippen molar-refractivity contribution >= 4 is 17.9 Å². The standard InChI is InChI=1S/C9H5ClF5NO2/c10-2-6-7(18-9(13,14)15)4(3-17)1-5(16-6)8(11)12/h1,3,8H,2H2. The van der Waals surface area contributed by atoms with E-state index in [0.29, 0.717) is 6.07 Å². The van der Waals surface area contributed by atoms with Gasteiger partial charge in [-0.15, -0.1) is 24.8 Å². The molecule has 0 amide bonds. The van der Waals surface area contributed by atoms with Crippen LogP contribution in [0.25, 0.3) is 0 Å². The van der Waals surface area contributed by atoms with E-state index < -0.39 is 41.4 Å². The predicted molar refractivity (Wildman–Crippen MR) is 50.8 cm³/mol. The fourth-order valence-corrected chi connectivity index (χ4v) is 1.33. The van der Waals surface area contributed by atoms with Crippen LogP contribution in [0.5, 0.6) is 5.75 Å². The van der Waals surface area contributed by atoms with E-state index in [0.717, 1.165) is 0 Å². The average molecular weight is 290 g/mol. The number of alkyl halides is 6. The summed E-state index contributed by atoms with van der Waals surface area (Å²) in [6.45, 7) is 0. The van der Waals surface area contributed by atoms with Gasteiger partial charge in [0, 0.05) is 0 Å². The highest BCUT2D eigenvalue weighted by atomic mass is 35.5. The highest BCUT2D eigenvalue weighted by molar-refractivity contribution is 6.17. The summed E-state index contributed by atoms with van der Waals surface area (Å²) in [6, 6.07) is 0.523. The van der Waals surface area contributed by atoms with Crippen molar-refractivity contribution in [3.05, 3.63) is 23.0 Å². The van der Waals surface area contributed by atoms with Gasteiger partial charge >= 0.3 is 6.36 Å². The Morgan fingerprint density at radius 3 is 2.44 bits per heavy atom. The molecule has 1 rings (SSSR count). The molecule has 0 bridgehead atoms. The number of ether oxygens (including phenoxy) is 1. The van der Waals surface area contributed by atoms with Crippen LogP contribution in [0.2, 0.25) is 0 Å². The Hall–Kier alpha value is -1.44. The minimum atomic E-state index is -5.08. The third-order valence-electron chi connectivity index (χ3n) is 1.79. The third-order valence-corrected chi connectivity index (χ3v) is 2.04. The molecule has 0 saturated carbocycles. The summed E-state index contributed by atoms with van der Waals surface area (Å²) in [5.41, 5.74) is -2.11. The first-order valence-electron chi connectivity index (χ1n) is 4.37. The Morgan fingerprint density at radius 2 is 2.06 bits per heavy atom. The second-order valence-electron chi connectivity index (χ2n) is 3.01. The maximum Gasteiger partial charge on any atom is 0.573 e. The number of carbonyl (C=O) groups is 1. The molecule has 100 valence electrons. The van der Waals surface area contributed by atoms with Crippen LogP contribution >= 0.6 is 11.6 Å². The fraction of sp³-hybridized carbons (Fsp3) is 0.333. The lowest BCUT2D eigenvalue weighted by molar-refractivity contribution is -0.275. The van der Waals surface area contributed by atoms with Gasteiger partial charge in [0.25, 0.3) is 6.43 Å². The molecule has 0 aromatic carbocycles. The van der Waals surface area contributed by atoms with Crippen LogP contribution in [0.4, 0.5) is 22.0 Å². The molecule has 18 heavy (non-hydrogen) atoms. The van der Waals surface area contributed by atoms with Gasteiger partial charge in [-0.3, -0.25) is 4.79 Å². The minimum absolute atomic E-state index is 0.0370. The quantitative estimate of drug-likeness (QED) is 0.484. The van der Waals surface area contributed by atoms with Gasteiger partial charge in [0.15, 0.2) is 12.0 Å². The van der Waals surface area contributed by atoms with Crippen molar-refractivity contribution in [2.45, 2.75) is 18.7 Å². The number of nitrogens with zero attached hydrogens (tertiary/aromatic N) is 1. The lowest BCUT2D eigenvalue weighted by atomic mass is 10.2. The summed E-state index contributed by atoms with van der Waals surface area (Å²) >= 11 is 5.30. The van der Waals surface area contributed by atoms with Crippen molar-refractivity contribution in [1.29, 1.82) is 0 Å². The van der Waals surface area contributed by atoms with Gasteiger partial charge in [-0.25, -0.2) is 13.8 Å². The van der Waals surface area contributed by atoms with E-state index in [9.17, 15) is 26.7 Å². The summed E-state index contributed by atoms with van der Waals surface area (Å²) in [5, 5.41) is 0.